The van der Waals surface area contributed by atoms with Crippen LogP contribution in [0.3, 0.4) is 0 Å². The second-order valence-corrected chi connectivity index (χ2v) is 9.51. The number of carbonyl (C=O) groups excluding carboxylic acids is 2. The van der Waals surface area contributed by atoms with Crippen LogP contribution < -0.4 is 0 Å². The molecule has 0 radical (unpaired) electrons. The first kappa shape index (κ1) is 18.3. The third-order valence-electron chi connectivity index (χ3n) is 8.99. The average molecular weight is 386 g/mol. The molecule has 6 nitrogen and oxygen atoms in total. The van der Waals surface area contributed by atoms with Crippen LogP contribution in [0.4, 0.5) is 0 Å². The first-order chi connectivity index (χ1) is 13.1. The zero-order valence-electron chi connectivity index (χ0n) is 16.4. The predicted octanol–water partition coefficient (Wildman–Crippen LogP) is 2.08. The van der Waals surface area contributed by atoms with Gasteiger partial charge in [-0.15, -0.1) is 0 Å². The summed E-state index contributed by atoms with van der Waals surface area (Å²) in [5, 5.41) is 23.5. The van der Waals surface area contributed by atoms with Gasteiger partial charge in [-0.25, -0.2) is 4.79 Å². The molecule has 4 saturated carbocycles. The van der Waals surface area contributed by atoms with E-state index in [4.69, 9.17) is 9.47 Å². The second kappa shape index (κ2) is 5.04. The minimum atomic E-state index is -1.80. The van der Waals surface area contributed by atoms with E-state index < -0.39 is 39.7 Å². The molecule has 0 aromatic heterocycles. The molecule has 28 heavy (non-hydrogen) atoms. The van der Waals surface area contributed by atoms with Crippen molar-refractivity contribution in [3.63, 3.8) is 0 Å². The van der Waals surface area contributed by atoms with Gasteiger partial charge in [-0.05, 0) is 37.8 Å². The fraction of sp³-hybridized carbons (Fsp3) is 0.636. The topological polar surface area (TPSA) is 93.1 Å². The Labute approximate surface area is 163 Å². The number of ketones is 1. The highest BCUT2D eigenvalue weighted by molar-refractivity contribution is 5.94. The second-order valence-electron chi connectivity index (χ2n) is 9.51. The zero-order valence-corrected chi connectivity index (χ0v) is 16.4. The van der Waals surface area contributed by atoms with E-state index in [0.29, 0.717) is 18.4 Å². The number of esters is 1. The molecule has 2 N–H and O–H groups in total. The number of hydrogen-bond acceptors (Lipinski definition) is 6. The number of aliphatic hydroxyl groups is 2. The van der Waals surface area contributed by atoms with Crippen LogP contribution in [0.25, 0.3) is 0 Å². The van der Waals surface area contributed by atoms with Gasteiger partial charge in [-0.1, -0.05) is 32.0 Å². The van der Waals surface area contributed by atoms with Crippen LogP contribution in [-0.2, 0) is 14.3 Å². The van der Waals surface area contributed by atoms with Crippen LogP contribution in [0, 0.1) is 22.2 Å². The molecule has 6 rings (SSSR count). The Kier molecular flexibility index (Phi) is 3.29. The fourth-order valence-electron chi connectivity index (χ4n) is 7.08. The lowest BCUT2D eigenvalue weighted by molar-refractivity contribution is -0.366. The van der Waals surface area contributed by atoms with Crippen molar-refractivity contribution in [3.8, 4) is 0 Å². The first-order valence-corrected chi connectivity index (χ1v) is 9.97. The summed E-state index contributed by atoms with van der Waals surface area (Å²) in [6.07, 6.45) is -0.00825. The molecule has 0 amide bonds. The molecule has 5 aliphatic rings. The van der Waals surface area contributed by atoms with Crippen LogP contribution in [0.1, 0.15) is 50.4 Å². The van der Waals surface area contributed by atoms with E-state index in [-0.39, 0.29) is 24.7 Å². The fourth-order valence-corrected chi connectivity index (χ4v) is 7.08. The monoisotopic (exact) mass is 386 g/mol. The van der Waals surface area contributed by atoms with Gasteiger partial charge >= 0.3 is 5.97 Å². The zero-order chi connectivity index (χ0) is 20.2. The maximum Gasteiger partial charge on any atom is 0.340 e. The number of benzene rings is 1. The summed E-state index contributed by atoms with van der Waals surface area (Å²) in [7, 11) is 0. The van der Waals surface area contributed by atoms with E-state index in [1.807, 2.05) is 13.8 Å². The van der Waals surface area contributed by atoms with Gasteiger partial charge in [-0.3, -0.25) is 4.79 Å². The number of carbonyl (C=O) groups is 2. The van der Waals surface area contributed by atoms with Crippen LogP contribution in [0.5, 0.6) is 0 Å². The molecule has 6 heteroatoms. The summed E-state index contributed by atoms with van der Waals surface area (Å²) in [6, 6.07) is 8.48. The summed E-state index contributed by atoms with van der Waals surface area (Å²) in [5.74, 6) is -2.65. The van der Waals surface area contributed by atoms with Crippen LogP contribution in [0.2, 0.25) is 0 Å². The Morgan fingerprint density at radius 2 is 1.93 bits per heavy atom. The average Bonchev–Trinajstić information content (AvgIpc) is 3.07. The van der Waals surface area contributed by atoms with Crippen molar-refractivity contribution in [1.29, 1.82) is 0 Å². The van der Waals surface area contributed by atoms with E-state index in [9.17, 15) is 19.8 Å². The molecule has 5 fully saturated rings. The highest BCUT2D eigenvalue weighted by Gasteiger charge is 2.92. The molecular formula is C22H26O6. The molecule has 1 aliphatic heterocycles. The SMILES string of the molecule is C[C@H]1CC[C@]2(O)[C@]13CC(=O)[C@]1(C)[C@](OC(=O)c4ccccc4)(OC[C@@]21C)[C@@H]3O. The molecule has 4 aliphatic carbocycles. The molecule has 1 aromatic carbocycles. The van der Waals surface area contributed by atoms with E-state index >= 15 is 0 Å². The molecule has 7 atom stereocenters. The highest BCUT2D eigenvalue weighted by Crippen LogP contribution is 2.80. The van der Waals surface area contributed by atoms with Gasteiger partial charge in [0.1, 0.15) is 17.3 Å². The van der Waals surface area contributed by atoms with Gasteiger partial charge in [0.25, 0.3) is 5.79 Å². The van der Waals surface area contributed by atoms with E-state index in [1.165, 1.54) is 0 Å². The molecule has 1 saturated heterocycles. The van der Waals surface area contributed by atoms with Gasteiger partial charge in [0.2, 0.25) is 0 Å². The smallest absolute Gasteiger partial charge is 0.340 e. The van der Waals surface area contributed by atoms with Crippen molar-refractivity contribution in [2.45, 2.75) is 57.5 Å². The summed E-state index contributed by atoms with van der Waals surface area (Å²) in [5.41, 5.74) is -4.28. The third-order valence-corrected chi connectivity index (χ3v) is 8.99. The standard InChI is InChI=1S/C22H26O6/c1-13-9-10-21(26)18(2)12-27-22(28-16(24)14-7-5-4-6-8-14)17(25)20(13,21)11-15(23)19(18,22)3/h4-8,13,17,25-26H,9-12H2,1-3H3/t13-,17+,18+,19-,20+,21+,22-/m0/s1. The Morgan fingerprint density at radius 3 is 2.61 bits per heavy atom. The Morgan fingerprint density at radius 1 is 1.25 bits per heavy atom. The molecule has 4 bridgehead atoms. The van der Waals surface area contributed by atoms with Gasteiger partial charge in [0.15, 0.2) is 0 Å². The van der Waals surface area contributed by atoms with E-state index in [1.54, 1.807) is 37.3 Å². The van der Waals surface area contributed by atoms with Crippen molar-refractivity contribution in [1.82, 2.24) is 0 Å². The summed E-state index contributed by atoms with van der Waals surface area (Å²) in [6.45, 7) is 5.55. The van der Waals surface area contributed by atoms with Crippen molar-refractivity contribution < 1.29 is 29.3 Å². The Hall–Kier alpha value is -1.76. The number of rotatable bonds is 2. The Bertz CT molecular complexity index is 884. The summed E-state index contributed by atoms with van der Waals surface area (Å²) in [4.78, 5) is 26.4. The molecule has 1 aromatic rings. The summed E-state index contributed by atoms with van der Waals surface area (Å²) >= 11 is 0. The van der Waals surface area contributed by atoms with Gasteiger partial charge < -0.3 is 19.7 Å². The predicted molar refractivity (Wildman–Crippen MR) is 98.2 cm³/mol. The lowest BCUT2D eigenvalue weighted by atomic mass is 9.35. The van der Waals surface area contributed by atoms with Crippen LogP contribution >= 0.6 is 0 Å². The number of Topliss-reactive ketones (excluding diaryl/α,β-unsaturated/α-hetero) is 1. The molecule has 0 unspecified atom stereocenters. The van der Waals surface area contributed by atoms with E-state index in [0.717, 1.165) is 0 Å². The van der Waals surface area contributed by atoms with Crippen LogP contribution in [-0.4, -0.2) is 46.1 Å². The minimum absolute atomic E-state index is 0.0549. The van der Waals surface area contributed by atoms with E-state index in [2.05, 4.69) is 0 Å². The lowest BCUT2D eigenvalue weighted by Crippen LogP contribution is -2.84. The largest absolute Gasteiger partial charge is 0.425 e. The Balaban J connectivity index is 1.70. The number of fused-ring (bicyclic) bond motifs is 1. The van der Waals surface area contributed by atoms with Crippen molar-refractivity contribution in [2.75, 3.05) is 6.61 Å². The van der Waals surface area contributed by atoms with Crippen molar-refractivity contribution in [3.05, 3.63) is 35.9 Å². The first-order valence-electron chi connectivity index (χ1n) is 9.97. The number of hydrogen-bond donors (Lipinski definition) is 2. The van der Waals surface area contributed by atoms with Crippen molar-refractivity contribution >= 4 is 11.8 Å². The third kappa shape index (κ3) is 1.51. The maximum atomic E-state index is 13.4. The van der Waals surface area contributed by atoms with Crippen molar-refractivity contribution in [2.24, 2.45) is 22.2 Å². The minimum Gasteiger partial charge on any atom is -0.425 e. The maximum absolute atomic E-state index is 13.4. The summed E-state index contributed by atoms with van der Waals surface area (Å²) < 4.78 is 11.9. The molecule has 1 heterocycles. The van der Waals surface area contributed by atoms with Gasteiger partial charge in [0.05, 0.1) is 17.8 Å². The van der Waals surface area contributed by atoms with Crippen LogP contribution in [0.15, 0.2) is 30.3 Å². The number of aliphatic hydroxyl groups excluding tert-OH is 1. The number of ether oxygens (including phenoxy) is 2. The van der Waals surface area contributed by atoms with Gasteiger partial charge in [0, 0.05) is 17.3 Å². The quantitative estimate of drug-likeness (QED) is 0.756. The molecule has 150 valence electrons. The lowest BCUT2D eigenvalue weighted by Gasteiger charge is -2.70. The van der Waals surface area contributed by atoms with Gasteiger partial charge in [-0.2, -0.15) is 0 Å². The highest BCUT2D eigenvalue weighted by atomic mass is 16.7. The molecular weight excluding hydrogens is 360 g/mol. The molecule has 1 spiro atoms. The normalized spacial score (nSPS) is 51.2.